The molecule has 0 N–H and O–H groups in total. The molecule has 2 heteroatoms. The van der Waals surface area contributed by atoms with Gasteiger partial charge in [-0.3, -0.25) is 0 Å². The van der Waals surface area contributed by atoms with Gasteiger partial charge in [0.2, 0.25) is 0 Å². The van der Waals surface area contributed by atoms with Crippen LogP contribution in [0.15, 0.2) is 106 Å². The lowest BCUT2D eigenvalue weighted by Gasteiger charge is -2.13. The summed E-state index contributed by atoms with van der Waals surface area (Å²) in [6.45, 7) is 0. The van der Waals surface area contributed by atoms with Gasteiger partial charge in [-0.25, -0.2) is 0 Å². The third kappa shape index (κ3) is 3.86. The molecule has 0 radical (unpaired) electrons. The molecule has 0 atom stereocenters. The van der Waals surface area contributed by atoms with Gasteiger partial charge in [-0.1, -0.05) is 105 Å². The number of hydrogen-bond donors (Lipinski definition) is 0. The fraction of sp³-hybridized carbons (Fsp3) is 0.0968. The zero-order valence-corrected chi connectivity index (χ0v) is 21.3. The molecule has 33 heavy (non-hydrogen) atoms. The van der Waals surface area contributed by atoms with Crippen LogP contribution in [-0.4, -0.2) is 0 Å². The highest BCUT2D eigenvalue weighted by Crippen LogP contribution is 2.34. The number of halogens is 2. The van der Waals surface area contributed by atoms with Gasteiger partial charge in [0.05, 0.1) is 0 Å². The summed E-state index contributed by atoms with van der Waals surface area (Å²) >= 11 is 7.34. The minimum absolute atomic E-state index is 1.06. The van der Waals surface area contributed by atoms with Crippen LogP contribution in [0.2, 0.25) is 0 Å². The zero-order chi connectivity index (χ0) is 22.4. The smallest absolute Gasteiger partial charge is 0.0181 e. The van der Waals surface area contributed by atoms with Crippen molar-refractivity contribution in [2.24, 2.45) is 0 Å². The maximum absolute atomic E-state index is 3.67. The molecule has 0 fully saturated rings. The second-order valence-corrected chi connectivity index (χ2v) is 10.6. The highest BCUT2D eigenvalue weighted by atomic mass is 79.9. The molecule has 0 nitrogen and oxygen atoms in total. The van der Waals surface area contributed by atoms with Crippen LogP contribution in [0.1, 0.15) is 17.5 Å². The van der Waals surface area contributed by atoms with Gasteiger partial charge in [0, 0.05) is 8.95 Å². The molecule has 0 aromatic heterocycles. The van der Waals surface area contributed by atoms with Crippen LogP contribution in [0.4, 0.5) is 0 Å². The standard InChI is InChI=1S/C31H22Br2/c32-24-12-14-28-22(16-20-6-1-3-10-26(20)30(28)18-24)8-5-9-23-17-21-7-2-4-11-27(21)31-19-25(33)13-15-29(23)31/h1-4,6-7,10-19H,5,8-9H2. The topological polar surface area (TPSA) is 0 Å². The van der Waals surface area contributed by atoms with Crippen LogP contribution in [0.5, 0.6) is 0 Å². The molecule has 0 aliphatic carbocycles. The van der Waals surface area contributed by atoms with E-state index in [9.17, 15) is 0 Å². The van der Waals surface area contributed by atoms with Crippen LogP contribution < -0.4 is 0 Å². The van der Waals surface area contributed by atoms with Crippen LogP contribution in [0, 0.1) is 0 Å². The second-order valence-electron chi connectivity index (χ2n) is 8.75. The van der Waals surface area contributed by atoms with E-state index in [1.54, 1.807) is 0 Å². The Balaban J connectivity index is 1.39. The van der Waals surface area contributed by atoms with E-state index in [1.807, 2.05) is 0 Å². The Hall–Kier alpha value is -2.68. The molecule has 0 bridgehead atoms. The number of aryl methyl sites for hydroxylation is 2. The molecule has 6 aromatic carbocycles. The minimum Gasteiger partial charge on any atom is -0.0616 e. The lowest BCUT2D eigenvalue weighted by molar-refractivity contribution is 0.831. The predicted octanol–water partition coefficient (Wildman–Crippen LogP) is 10.00. The maximum Gasteiger partial charge on any atom is 0.0181 e. The summed E-state index contributed by atoms with van der Waals surface area (Å²) in [4.78, 5) is 0. The minimum atomic E-state index is 1.06. The van der Waals surface area contributed by atoms with E-state index in [1.165, 1.54) is 54.2 Å². The van der Waals surface area contributed by atoms with Gasteiger partial charge in [-0.15, -0.1) is 0 Å². The molecule has 0 amide bonds. The van der Waals surface area contributed by atoms with Crippen molar-refractivity contribution in [3.8, 4) is 0 Å². The van der Waals surface area contributed by atoms with Crippen molar-refractivity contribution < 1.29 is 0 Å². The van der Waals surface area contributed by atoms with Crippen molar-refractivity contribution in [2.45, 2.75) is 19.3 Å². The Morgan fingerprint density at radius 3 is 1.36 bits per heavy atom. The summed E-state index contributed by atoms with van der Waals surface area (Å²) < 4.78 is 2.26. The van der Waals surface area contributed by atoms with Crippen molar-refractivity contribution >= 4 is 74.9 Å². The fourth-order valence-corrected chi connectivity index (χ4v) is 5.91. The van der Waals surface area contributed by atoms with Crippen LogP contribution >= 0.6 is 31.9 Å². The van der Waals surface area contributed by atoms with Crippen molar-refractivity contribution in [1.29, 1.82) is 0 Å². The molecule has 0 saturated heterocycles. The highest BCUT2D eigenvalue weighted by molar-refractivity contribution is 9.10. The SMILES string of the molecule is Brc1ccc2c(CCCc3cc4ccccc4c4cc(Br)ccc34)cc3ccccc3c2c1. The van der Waals surface area contributed by atoms with Crippen molar-refractivity contribution in [3.05, 3.63) is 117 Å². The zero-order valence-electron chi connectivity index (χ0n) is 18.1. The Bertz CT molecular complexity index is 1540. The van der Waals surface area contributed by atoms with Crippen molar-refractivity contribution in [3.63, 3.8) is 0 Å². The molecule has 0 saturated carbocycles. The first kappa shape index (κ1) is 20.9. The van der Waals surface area contributed by atoms with Gasteiger partial charge >= 0.3 is 0 Å². The average Bonchev–Trinajstić information content (AvgIpc) is 2.84. The van der Waals surface area contributed by atoms with Gasteiger partial charge in [0.15, 0.2) is 0 Å². The Kier molecular flexibility index (Phi) is 5.44. The van der Waals surface area contributed by atoms with Gasteiger partial charge in [-0.05, 0) is 97.7 Å². The molecular formula is C31H22Br2. The van der Waals surface area contributed by atoms with E-state index in [4.69, 9.17) is 0 Å². The Morgan fingerprint density at radius 1 is 0.424 bits per heavy atom. The highest BCUT2D eigenvalue weighted by Gasteiger charge is 2.10. The summed E-state index contributed by atoms with van der Waals surface area (Å²) in [5.41, 5.74) is 2.87. The van der Waals surface area contributed by atoms with E-state index >= 15 is 0 Å². The first-order chi connectivity index (χ1) is 16.2. The molecule has 6 aromatic rings. The molecule has 0 aliphatic heterocycles. The van der Waals surface area contributed by atoms with E-state index < -0.39 is 0 Å². The summed E-state index contributed by atoms with van der Waals surface area (Å²) in [5, 5.41) is 10.7. The molecule has 0 unspecified atom stereocenters. The third-order valence-corrected chi connectivity index (χ3v) is 7.70. The van der Waals surface area contributed by atoms with Gasteiger partial charge in [0.25, 0.3) is 0 Å². The van der Waals surface area contributed by atoms with Gasteiger partial charge in [-0.2, -0.15) is 0 Å². The quantitative estimate of drug-likeness (QED) is 0.190. The Labute approximate surface area is 210 Å². The average molecular weight is 554 g/mol. The number of hydrogen-bond acceptors (Lipinski definition) is 0. The molecular weight excluding hydrogens is 532 g/mol. The third-order valence-electron chi connectivity index (χ3n) is 6.71. The van der Waals surface area contributed by atoms with Crippen molar-refractivity contribution in [1.82, 2.24) is 0 Å². The van der Waals surface area contributed by atoms with E-state index in [-0.39, 0.29) is 0 Å². The molecule has 0 aliphatic rings. The van der Waals surface area contributed by atoms with Gasteiger partial charge < -0.3 is 0 Å². The first-order valence-electron chi connectivity index (χ1n) is 11.4. The van der Waals surface area contributed by atoms with E-state index in [2.05, 4.69) is 129 Å². The molecule has 0 heterocycles. The number of rotatable bonds is 4. The fourth-order valence-electron chi connectivity index (χ4n) is 5.19. The number of benzene rings is 6. The van der Waals surface area contributed by atoms with E-state index in [0.717, 1.165) is 28.2 Å². The largest absolute Gasteiger partial charge is 0.0616 e. The predicted molar refractivity (Wildman–Crippen MR) is 150 cm³/mol. The lowest BCUT2D eigenvalue weighted by atomic mass is 9.92. The Morgan fingerprint density at radius 2 is 0.879 bits per heavy atom. The summed E-state index contributed by atoms with van der Waals surface area (Å²) in [5.74, 6) is 0. The summed E-state index contributed by atoms with van der Waals surface area (Å²) in [7, 11) is 0. The van der Waals surface area contributed by atoms with Crippen LogP contribution in [0.25, 0.3) is 43.1 Å². The molecule has 0 spiro atoms. The van der Waals surface area contributed by atoms with E-state index in [0.29, 0.717) is 0 Å². The summed E-state index contributed by atoms with van der Waals surface area (Å²) in [6, 6.07) is 35.6. The number of fused-ring (bicyclic) bond motifs is 6. The first-order valence-corrected chi connectivity index (χ1v) is 13.0. The van der Waals surface area contributed by atoms with Crippen LogP contribution in [-0.2, 0) is 12.8 Å². The monoisotopic (exact) mass is 552 g/mol. The normalized spacial score (nSPS) is 11.7. The maximum atomic E-state index is 3.67. The van der Waals surface area contributed by atoms with Crippen LogP contribution in [0.3, 0.4) is 0 Å². The van der Waals surface area contributed by atoms with Gasteiger partial charge in [0.1, 0.15) is 0 Å². The second kappa shape index (κ2) is 8.59. The van der Waals surface area contributed by atoms with Crippen molar-refractivity contribution in [2.75, 3.05) is 0 Å². The lowest BCUT2D eigenvalue weighted by Crippen LogP contribution is -1.94. The summed E-state index contributed by atoms with van der Waals surface area (Å²) in [6.07, 6.45) is 3.24. The molecule has 6 rings (SSSR count). The molecule has 160 valence electrons.